The van der Waals surface area contributed by atoms with Crippen LogP contribution in [0.25, 0.3) is 22.0 Å². The highest BCUT2D eigenvalue weighted by Gasteiger charge is 2.14. The molecule has 4 rings (SSSR count). The lowest BCUT2D eigenvalue weighted by molar-refractivity contribution is 0.466. The molecule has 0 saturated carbocycles. The van der Waals surface area contributed by atoms with Gasteiger partial charge in [0.15, 0.2) is 0 Å². The summed E-state index contributed by atoms with van der Waals surface area (Å²) in [5.41, 5.74) is 9.45. The molecule has 2 heterocycles. The number of benzene rings is 2. The minimum Gasteiger partial charge on any atom is -0.437 e. The van der Waals surface area contributed by atoms with Crippen molar-refractivity contribution in [2.24, 2.45) is 0 Å². The quantitative estimate of drug-likeness (QED) is 0.547. The third-order valence-electron chi connectivity index (χ3n) is 4.26. The number of fused-ring (bicyclic) bond motifs is 1. The summed E-state index contributed by atoms with van der Waals surface area (Å²) in [6, 6.07) is 15.5. The molecule has 5 heteroatoms. The van der Waals surface area contributed by atoms with Crippen LogP contribution >= 0.6 is 0 Å². The van der Waals surface area contributed by atoms with Crippen molar-refractivity contribution in [2.75, 3.05) is 5.73 Å². The van der Waals surface area contributed by atoms with Crippen molar-refractivity contribution in [3.63, 3.8) is 0 Å². The van der Waals surface area contributed by atoms with Gasteiger partial charge < -0.3 is 10.5 Å². The van der Waals surface area contributed by atoms with E-state index in [-0.39, 0.29) is 0 Å². The van der Waals surface area contributed by atoms with E-state index in [4.69, 9.17) is 10.5 Å². The van der Waals surface area contributed by atoms with Gasteiger partial charge in [-0.1, -0.05) is 24.3 Å². The first kappa shape index (κ1) is 16.0. The zero-order chi connectivity index (χ0) is 18.1. The van der Waals surface area contributed by atoms with Gasteiger partial charge in [-0.05, 0) is 43.7 Å². The number of aryl methyl sites for hydroxylation is 2. The summed E-state index contributed by atoms with van der Waals surface area (Å²) >= 11 is 0. The van der Waals surface area contributed by atoms with Crippen LogP contribution in [0.3, 0.4) is 0 Å². The highest BCUT2D eigenvalue weighted by atomic mass is 16.5. The highest BCUT2D eigenvalue weighted by Crippen LogP contribution is 2.37. The highest BCUT2D eigenvalue weighted by molar-refractivity contribution is 5.97. The second kappa shape index (κ2) is 6.44. The Kier molecular flexibility index (Phi) is 3.97. The molecule has 0 radical (unpaired) electrons. The van der Waals surface area contributed by atoms with Gasteiger partial charge in [0.2, 0.25) is 5.88 Å². The first-order valence-corrected chi connectivity index (χ1v) is 8.34. The van der Waals surface area contributed by atoms with Gasteiger partial charge in [0, 0.05) is 28.9 Å². The Morgan fingerprint density at radius 3 is 2.58 bits per heavy atom. The average Bonchev–Trinajstić information content (AvgIpc) is 2.65. The Hall–Kier alpha value is -3.47. The Balaban J connectivity index is 1.86. The monoisotopic (exact) mass is 342 g/mol. The molecule has 0 aliphatic heterocycles. The Bertz CT molecular complexity index is 1110. The predicted molar refractivity (Wildman–Crippen MR) is 103 cm³/mol. The molecule has 0 bridgehead atoms. The van der Waals surface area contributed by atoms with Crippen molar-refractivity contribution in [3.05, 3.63) is 72.3 Å². The summed E-state index contributed by atoms with van der Waals surface area (Å²) in [5.74, 6) is 1.95. The number of nitrogens with two attached hydrogens (primary N) is 1. The van der Waals surface area contributed by atoms with Gasteiger partial charge in [0.05, 0.1) is 11.3 Å². The van der Waals surface area contributed by atoms with Crippen LogP contribution in [0.15, 0.2) is 60.9 Å². The Morgan fingerprint density at radius 2 is 1.73 bits per heavy atom. The van der Waals surface area contributed by atoms with Crippen molar-refractivity contribution >= 4 is 16.5 Å². The molecule has 0 amide bonds. The number of aromatic nitrogens is 3. The largest absolute Gasteiger partial charge is 0.437 e. The standard InChI is InChI=1S/C21H18N4O/c1-13-8-9-15-16(5-3-7-18(15)22)20(13)26-21-17(6-4-11-24-21)19-10-12-23-14(2)25-19/h3-12H,22H2,1-2H3. The summed E-state index contributed by atoms with van der Waals surface area (Å²) in [6.45, 7) is 3.87. The number of hydrogen-bond donors (Lipinski definition) is 1. The van der Waals surface area contributed by atoms with E-state index in [1.165, 1.54) is 0 Å². The maximum atomic E-state index is 6.28. The SMILES string of the molecule is Cc1nccc(-c2cccnc2Oc2c(C)ccc3c(N)cccc23)n1. The zero-order valence-corrected chi connectivity index (χ0v) is 14.6. The van der Waals surface area contributed by atoms with E-state index in [0.29, 0.717) is 11.7 Å². The molecule has 2 aromatic heterocycles. The summed E-state index contributed by atoms with van der Waals surface area (Å²) in [4.78, 5) is 13.1. The molecule has 0 unspecified atom stereocenters. The lowest BCUT2D eigenvalue weighted by Gasteiger charge is -2.14. The molecular formula is C21H18N4O. The summed E-state index contributed by atoms with van der Waals surface area (Å²) in [5, 5.41) is 1.92. The van der Waals surface area contributed by atoms with Crippen molar-refractivity contribution in [1.82, 2.24) is 15.0 Å². The molecule has 2 N–H and O–H groups in total. The predicted octanol–water partition coefficient (Wildman–Crippen LogP) is 4.68. The number of anilines is 1. The number of nitrogens with zero attached hydrogens (tertiary/aromatic N) is 3. The smallest absolute Gasteiger partial charge is 0.228 e. The lowest BCUT2D eigenvalue weighted by Crippen LogP contribution is -1.97. The zero-order valence-electron chi connectivity index (χ0n) is 14.6. The molecule has 0 fully saturated rings. The van der Waals surface area contributed by atoms with Gasteiger partial charge in [-0.15, -0.1) is 0 Å². The van der Waals surface area contributed by atoms with Gasteiger partial charge in [-0.25, -0.2) is 15.0 Å². The van der Waals surface area contributed by atoms with Gasteiger partial charge in [-0.2, -0.15) is 0 Å². The van der Waals surface area contributed by atoms with E-state index in [1.54, 1.807) is 12.4 Å². The number of pyridine rings is 1. The Labute approximate surface area is 151 Å². The third kappa shape index (κ3) is 2.84. The van der Waals surface area contributed by atoms with Crippen LogP contribution in [0.1, 0.15) is 11.4 Å². The molecule has 5 nitrogen and oxygen atoms in total. The average molecular weight is 342 g/mol. The maximum absolute atomic E-state index is 6.28. The van der Waals surface area contributed by atoms with Gasteiger partial charge >= 0.3 is 0 Å². The number of hydrogen-bond acceptors (Lipinski definition) is 5. The molecule has 128 valence electrons. The minimum absolute atomic E-state index is 0.503. The fourth-order valence-electron chi connectivity index (χ4n) is 2.97. The number of nitrogen functional groups attached to an aromatic ring is 1. The van der Waals surface area contributed by atoms with Crippen molar-refractivity contribution in [1.29, 1.82) is 0 Å². The molecule has 0 aliphatic rings. The van der Waals surface area contributed by atoms with Crippen molar-refractivity contribution < 1.29 is 4.74 Å². The van der Waals surface area contributed by atoms with E-state index in [9.17, 15) is 0 Å². The van der Waals surface area contributed by atoms with E-state index in [1.807, 2.05) is 62.4 Å². The van der Waals surface area contributed by atoms with Crippen molar-refractivity contribution in [3.8, 4) is 22.9 Å². The molecule has 26 heavy (non-hydrogen) atoms. The molecule has 0 saturated heterocycles. The van der Waals surface area contributed by atoms with Crippen LogP contribution in [0, 0.1) is 13.8 Å². The summed E-state index contributed by atoms with van der Waals surface area (Å²) < 4.78 is 6.28. The van der Waals surface area contributed by atoms with Crippen LogP contribution in [-0.4, -0.2) is 15.0 Å². The molecule has 0 spiro atoms. The van der Waals surface area contributed by atoms with Gasteiger partial charge in [0.1, 0.15) is 11.6 Å². The van der Waals surface area contributed by atoms with E-state index >= 15 is 0 Å². The normalized spacial score (nSPS) is 10.8. The first-order chi connectivity index (χ1) is 12.6. The van der Waals surface area contributed by atoms with Crippen LogP contribution in [-0.2, 0) is 0 Å². The lowest BCUT2D eigenvalue weighted by atomic mass is 10.0. The molecule has 0 aliphatic carbocycles. The fraction of sp³-hybridized carbons (Fsp3) is 0.0952. The van der Waals surface area contributed by atoms with Crippen LogP contribution in [0.5, 0.6) is 11.6 Å². The van der Waals surface area contributed by atoms with Gasteiger partial charge in [-0.3, -0.25) is 0 Å². The topological polar surface area (TPSA) is 73.9 Å². The number of ether oxygens (including phenoxy) is 1. The van der Waals surface area contributed by atoms with Crippen LogP contribution in [0.2, 0.25) is 0 Å². The van der Waals surface area contributed by atoms with E-state index in [0.717, 1.165) is 39.0 Å². The summed E-state index contributed by atoms with van der Waals surface area (Å²) in [6.07, 6.45) is 3.44. The Morgan fingerprint density at radius 1 is 0.846 bits per heavy atom. The van der Waals surface area contributed by atoms with Gasteiger partial charge in [0.25, 0.3) is 0 Å². The molecule has 4 aromatic rings. The van der Waals surface area contributed by atoms with E-state index in [2.05, 4.69) is 15.0 Å². The second-order valence-electron chi connectivity index (χ2n) is 6.10. The summed E-state index contributed by atoms with van der Waals surface area (Å²) in [7, 11) is 0. The van der Waals surface area contributed by atoms with Crippen molar-refractivity contribution in [2.45, 2.75) is 13.8 Å². The fourth-order valence-corrected chi connectivity index (χ4v) is 2.97. The maximum Gasteiger partial charge on any atom is 0.228 e. The molecule has 0 atom stereocenters. The molecular weight excluding hydrogens is 324 g/mol. The first-order valence-electron chi connectivity index (χ1n) is 8.34. The minimum atomic E-state index is 0.503. The van der Waals surface area contributed by atoms with Crippen LogP contribution < -0.4 is 10.5 Å². The van der Waals surface area contributed by atoms with E-state index < -0.39 is 0 Å². The number of rotatable bonds is 3. The third-order valence-corrected chi connectivity index (χ3v) is 4.26. The van der Waals surface area contributed by atoms with Crippen LogP contribution in [0.4, 0.5) is 5.69 Å². The molecule has 2 aromatic carbocycles. The second-order valence-corrected chi connectivity index (χ2v) is 6.10.